The highest BCUT2D eigenvalue weighted by molar-refractivity contribution is 5.23. The molecule has 0 unspecified atom stereocenters. The average molecular weight is 314 g/mol. The molecule has 1 aliphatic rings. The van der Waals surface area contributed by atoms with Gasteiger partial charge in [0.05, 0.1) is 23.0 Å². The van der Waals surface area contributed by atoms with Crippen LogP contribution >= 0.6 is 0 Å². The van der Waals surface area contributed by atoms with Gasteiger partial charge in [-0.3, -0.25) is 4.90 Å². The lowest BCUT2D eigenvalue weighted by molar-refractivity contribution is -0.0279. The fraction of sp³-hybridized carbons (Fsp3) is 0.556. The van der Waals surface area contributed by atoms with Crippen LogP contribution in [0, 0.1) is 0 Å². The van der Waals surface area contributed by atoms with Gasteiger partial charge in [-0.2, -0.15) is 0 Å². The van der Waals surface area contributed by atoms with Crippen LogP contribution < -0.4 is 0 Å². The van der Waals surface area contributed by atoms with Crippen LogP contribution in [0.25, 0.3) is 0 Å². The van der Waals surface area contributed by atoms with Gasteiger partial charge in [0.15, 0.2) is 0 Å². The van der Waals surface area contributed by atoms with E-state index in [1.54, 1.807) is 0 Å². The van der Waals surface area contributed by atoms with E-state index < -0.39 is 5.60 Å². The largest absolute Gasteiger partial charge is 0.385 e. The quantitative estimate of drug-likeness (QED) is 0.946. The molecule has 124 valence electrons. The van der Waals surface area contributed by atoms with Crippen LogP contribution in [0.3, 0.4) is 0 Å². The Bertz CT molecular complexity index is 637. The van der Waals surface area contributed by atoms with Gasteiger partial charge in [0.25, 0.3) is 0 Å². The minimum atomic E-state index is -0.694. The zero-order valence-electron chi connectivity index (χ0n) is 14.2. The predicted molar refractivity (Wildman–Crippen MR) is 89.9 cm³/mol. The van der Waals surface area contributed by atoms with Crippen LogP contribution in [-0.4, -0.2) is 38.1 Å². The van der Waals surface area contributed by atoms with Crippen molar-refractivity contribution in [3.63, 3.8) is 0 Å². The summed E-state index contributed by atoms with van der Waals surface area (Å²) in [6.45, 7) is 8.88. The summed E-state index contributed by atoms with van der Waals surface area (Å²) in [6.07, 6.45) is 3.53. The maximum atomic E-state index is 10.9. The highest BCUT2D eigenvalue weighted by atomic mass is 16.3. The number of aromatic nitrogens is 3. The first kappa shape index (κ1) is 16.1. The third-order valence-corrected chi connectivity index (χ3v) is 4.61. The molecule has 0 amide bonds. The van der Waals surface area contributed by atoms with E-state index in [-0.39, 0.29) is 5.54 Å². The molecule has 0 bridgehead atoms. The molecule has 1 N–H and O–H groups in total. The summed E-state index contributed by atoms with van der Waals surface area (Å²) in [4.78, 5) is 2.34. The van der Waals surface area contributed by atoms with Gasteiger partial charge in [0.2, 0.25) is 0 Å². The predicted octanol–water partition coefficient (Wildman–Crippen LogP) is 2.52. The number of hydrogen-bond acceptors (Lipinski definition) is 4. The SMILES string of the molecule is CC(C)(C)n1cc(CN2CCC(O)(c3ccccc3)CC2)nn1. The Labute approximate surface area is 137 Å². The maximum Gasteiger partial charge on any atom is 0.0967 e. The molecule has 0 spiro atoms. The second-order valence-electron chi connectivity index (χ2n) is 7.50. The standard InChI is InChI=1S/C18H26N4O/c1-17(2,3)22-14-16(19-20-22)13-21-11-9-18(23,10-12-21)15-7-5-4-6-8-15/h4-8,14,23H,9-13H2,1-3H3. The van der Waals surface area contributed by atoms with Crippen LogP contribution in [0.2, 0.25) is 0 Å². The summed E-state index contributed by atoms with van der Waals surface area (Å²) in [6, 6.07) is 10.0. The first-order valence-corrected chi connectivity index (χ1v) is 8.29. The van der Waals surface area contributed by atoms with Gasteiger partial charge in [-0.1, -0.05) is 35.5 Å². The first-order valence-electron chi connectivity index (χ1n) is 8.29. The monoisotopic (exact) mass is 314 g/mol. The van der Waals surface area contributed by atoms with Gasteiger partial charge in [0.1, 0.15) is 0 Å². The molecule has 0 radical (unpaired) electrons. The molecule has 1 fully saturated rings. The minimum absolute atomic E-state index is 0.0410. The molecule has 5 nitrogen and oxygen atoms in total. The molecule has 1 aromatic heterocycles. The van der Waals surface area contributed by atoms with E-state index in [1.165, 1.54) is 0 Å². The molecule has 1 aromatic carbocycles. The molecular formula is C18H26N4O. The smallest absolute Gasteiger partial charge is 0.0967 e. The molecule has 0 saturated carbocycles. The average Bonchev–Trinajstić information content (AvgIpc) is 3.00. The number of piperidine rings is 1. The second kappa shape index (κ2) is 6.06. The Kier molecular flexibility index (Phi) is 4.25. The number of aliphatic hydroxyl groups is 1. The highest BCUT2D eigenvalue weighted by Crippen LogP contribution is 2.32. The fourth-order valence-corrected chi connectivity index (χ4v) is 3.05. The van der Waals surface area contributed by atoms with Crippen molar-refractivity contribution in [1.29, 1.82) is 0 Å². The summed E-state index contributed by atoms with van der Waals surface area (Å²) < 4.78 is 1.91. The third kappa shape index (κ3) is 3.62. The molecule has 2 aromatic rings. The summed E-state index contributed by atoms with van der Waals surface area (Å²) in [7, 11) is 0. The normalized spacial score (nSPS) is 19.0. The molecule has 1 saturated heterocycles. The van der Waals surface area contributed by atoms with Crippen LogP contribution in [0.1, 0.15) is 44.9 Å². The van der Waals surface area contributed by atoms with Gasteiger partial charge in [-0.05, 0) is 39.2 Å². The van der Waals surface area contributed by atoms with Crippen LogP contribution in [0.15, 0.2) is 36.5 Å². The van der Waals surface area contributed by atoms with Gasteiger partial charge >= 0.3 is 0 Å². The lowest BCUT2D eigenvalue weighted by Crippen LogP contribution is -2.42. The van der Waals surface area contributed by atoms with Crippen LogP contribution in [-0.2, 0) is 17.7 Å². The summed E-state index contributed by atoms with van der Waals surface area (Å²) >= 11 is 0. The van der Waals surface area contributed by atoms with Crippen molar-refractivity contribution < 1.29 is 5.11 Å². The molecule has 0 atom stereocenters. The molecule has 2 heterocycles. The number of nitrogens with zero attached hydrogens (tertiary/aromatic N) is 4. The summed E-state index contributed by atoms with van der Waals surface area (Å²) in [5.74, 6) is 0. The molecule has 1 aliphatic heterocycles. The van der Waals surface area contributed by atoms with Crippen LogP contribution in [0.5, 0.6) is 0 Å². The van der Waals surface area contributed by atoms with Crippen molar-refractivity contribution in [2.24, 2.45) is 0 Å². The van der Waals surface area contributed by atoms with Crippen molar-refractivity contribution in [2.45, 2.75) is 51.3 Å². The van der Waals surface area contributed by atoms with E-state index >= 15 is 0 Å². The lowest BCUT2D eigenvalue weighted by atomic mass is 9.84. The highest BCUT2D eigenvalue weighted by Gasteiger charge is 2.33. The van der Waals surface area contributed by atoms with Gasteiger partial charge < -0.3 is 5.11 Å². The summed E-state index contributed by atoms with van der Waals surface area (Å²) in [5, 5.41) is 19.4. The minimum Gasteiger partial charge on any atom is -0.385 e. The van der Waals surface area contributed by atoms with Crippen molar-refractivity contribution in [1.82, 2.24) is 19.9 Å². The lowest BCUT2D eigenvalue weighted by Gasteiger charge is -2.38. The van der Waals surface area contributed by atoms with E-state index in [2.05, 4.69) is 36.0 Å². The van der Waals surface area contributed by atoms with Crippen molar-refractivity contribution >= 4 is 0 Å². The van der Waals surface area contributed by atoms with Crippen molar-refractivity contribution in [3.8, 4) is 0 Å². The fourth-order valence-electron chi connectivity index (χ4n) is 3.05. The Balaban J connectivity index is 1.60. The van der Waals surface area contributed by atoms with Crippen molar-refractivity contribution in [3.05, 3.63) is 47.8 Å². The number of hydrogen-bond donors (Lipinski definition) is 1. The zero-order chi connectivity index (χ0) is 16.5. The molecule has 5 heteroatoms. The van der Waals surface area contributed by atoms with Crippen molar-refractivity contribution in [2.75, 3.05) is 13.1 Å². The van der Waals surface area contributed by atoms with E-state index in [0.29, 0.717) is 0 Å². The van der Waals surface area contributed by atoms with E-state index in [1.807, 2.05) is 41.2 Å². The van der Waals surface area contributed by atoms with Gasteiger partial charge in [-0.25, -0.2) is 4.68 Å². The van der Waals surface area contributed by atoms with Crippen LogP contribution in [0.4, 0.5) is 0 Å². The van der Waals surface area contributed by atoms with Gasteiger partial charge in [-0.15, -0.1) is 5.10 Å². The Hall–Kier alpha value is -1.72. The zero-order valence-corrected chi connectivity index (χ0v) is 14.2. The first-order chi connectivity index (χ1) is 10.9. The number of rotatable bonds is 3. The second-order valence-corrected chi connectivity index (χ2v) is 7.50. The van der Waals surface area contributed by atoms with E-state index in [9.17, 15) is 5.11 Å². The Morgan fingerprint density at radius 1 is 1.13 bits per heavy atom. The van der Waals surface area contributed by atoms with E-state index in [4.69, 9.17) is 0 Å². The number of benzene rings is 1. The Morgan fingerprint density at radius 3 is 2.35 bits per heavy atom. The molecule has 3 rings (SSSR count). The molecule has 23 heavy (non-hydrogen) atoms. The van der Waals surface area contributed by atoms with Gasteiger partial charge in [0, 0.05) is 19.6 Å². The topological polar surface area (TPSA) is 54.2 Å². The maximum absolute atomic E-state index is 10.9. The van der Waals surface area contributed by atoms with E-state index in [0.717, 1.165) is 43.7 Å². The third-order valence-electron chi connectivity index (χ3n) is 4.61. The molecular weight excluding hydrogens is 288 g/mol. The summed E-state index contributed by atoms with van der Waals surface area (Å²) in [5.41, 5.74) is 1.28. The Morgan fingerprint density at radius 2 is 1.78 bits per heavy atom. The number of likely N-dealkylation sites (tertiary alicyclic amines) is 1. The molecule has 0 aliphatic carbocycles.